The van der Waals surface area contributed by atoms with Crippen LogP contribution in [0, 0.1) is 0 Å². The van der Waals surface area contributed by atoms with Crippen molar-refractivity contribution in [1.29, 1.82) is 0 Å². The van der Waals surface area contributed by atoms with E-state index >= 15 is 0 Å². The molecule has 2 heterocycles. The summed E-state index contributed by atoms with van der Waals surface area (Å²) >= 11 is 6.35. The first-order valence-electron chi connectivity index (χ1n) is 11.0. The molecule has 2 fully saturated rings. The van der Waals surface area contributed by atoms with Gasteiger partial charge in [0, 0.05) is 25.2 Å². The number of primary amides is 1. The van der Waals surface area contributed by atoms with Crippen molar-refractivity contribution in [3.63, 3.8) is 0 Å². The number of benzene rings is 1. The summed E-state index contributed by atoms with van der Waals surface area (Å²) in [7, 11) is 1.57. The molecular formula is C23H32ClN3O4. The molecule has 8 heteroatoms. The molecule has 2 N–H and O–H groups in total. The van der Waals surface area contributed by atoms with Gasteiger partial charge in [-0.15, -0.1) is 0 Å². The molecule has 0 radical (unpaired) electrons. The fourth-order valence-corrected chi connectivity index (χ4v) is 4.68. The fraction of sp³-hybridized carbons (Fsp3) is 0.565. The van der Waals surface area contributed by atoms with Gasteiger partial charge in [0.1, 0.15) is 0 Å². The second-order valence-corrected chi connectivity index (χ2v) is 8.48. The third-order valence-corrected chi connectivity index (χ3v) is 6.27. The van der Waals surface area contributed by atoms with Gasteiger partial charge in [0.05, 0.1) is 24.8 Å². The van der Waals surface area contributed by atoms with E-state index in [0.717, 1.165) is 44.2 Å². The number of halogens is 1. The third kappa shape index (κ3) is 5.71. The standard InChI is InChI=1S/C23H32ClN3O4/c1-3-13-31-22-18(24)14-16(15-20(22)30-2)6-7-21(28)26-11-8-17(9-12-26)27-10-4-5-19(27)23(25)29/h6-7,14-15,17,19H,3-5,8-13H2,1-2H3,(H2,25,29)/b7-6+. The molecule has 2 aliphatic rings. The van der Waals surface area contributed by atoms with Crippen LogP contribution in [0.1, 0.15) is 44.6 Å². The summed E-state index contributed by atoms with van der Waals surface area (Å²) in [6.07, 6.45) is 7.73. The number of hydrogen-bond acceptors (Lipinski definition) is 5. The number of nitrogens with two attached hydrogens (primary N) is 1. The molecule has 3 rings (SSSR count). The van der Waals surface area contributed by atoms with Crippen molar-refractivity contribution in [2.24, 2.45) is 5.73 Å². The van der Waals surface area contributed by atoms with Crippen LogP contribution in [-0.4, -0.2) is 67.0 Å². The van der Waals surface area contributed by atoms with Crippen LogP contribution in [0.5, 0.6) is 11.5 Å². The van der Waals surface area contributed by atoms with Crippen LogP contribution in [0.15, 0.2) is 18.2 Å². The van der Waals surface area contributed by atoms with Crippen LogP contribution < -0.4 is 15.2 Å². The van der Waals surface area contributed by atoms with Crippen molar-refractivity contribution in [1.82, 2.24) is 9.80 Å². The predicted molar refractivity (Wildman–Crippen MR) is 121 cm³/mol. The lowest BCUT2D eigenvalue weighted by atomic mass is 10.0. The van der Waals surface area contributed by atoms with Crippen molar-refractivity contribution >= 4 is 29.5 Å². The Labute approximate surface area is 189 Å². The number of ether oxygens (including phenoxy) is 2. The Balaban J connectivity index is 1.58. The van der Waals surface area contributed by atoms with Gasteiger partial charge in [0.2, 0.25) is 11.8 Å². The highest BCUT2D eigenvalue weighted by molar-refractivity contribution is 6.32. The molecule has 1 unspecified atom stereocenters. The minimum Gasteiger partial charge on any atom is -0.493 e. The van der Waals surface area contributed by atoms with E-state index in [-0.39, 0.29) is 17.9 Å². The maximum absolute atomic E-state index is 12.7. The van der Waals surface area contributed by atoms with E-state index in [2.05, 4.69) is 4.90 Å². The lowest BCUT2D eigenvalue weighted by molar-refractivity contribution is -0.129. The summed E-state index contributed by atoms with van der Waals surface area (Å²) in [4.78, 5) is 28.4. The topological polar surface area (TPSA) is 85.1 Å². The molecule has 0 aliphatic carbocycles. The molecule has 2 aliphatic heterocycles. The minimum absolute atomic E-state index is 0.0345. The van der Waals surface area contributed by atoms with Crippen LogP contribution >= 0.6 is 11.6 Å². The zero-order valence-corrected chi connectivity index (χ0v) is 19.1. The van der Waals surface area contributed by atoms with Crippen molar-refractivity contribution in [2.75, 3.05) is 33.4 Å². The number of hydrogen-bond donors (Lipinski definition) is 1. The highest BCUT2D eigenvalue weighted by atomic mass is 35.5. The third-order valence-electron chi connectivity index (χ3n) is 5.99. The number of carbonyl (C=O) groups excluding carboxylic acids is 2. The van der Waals surface area contributed by atoms with Gasteiger partial charge in [-0.3, -0.25) is 14.5 Å². The zero-order chi connectivity index (χ0) is 22.4. The highest BCUT2D eigenvalue weighted by Crippen LogP contribution is 2.37. The molecule has 0 spiro atoms. The number of piperidine rings is 1. The van der Waals surface area contributed by atoms with E-state index < -0.39 is 0 Å². The molecule has 2 amide bonds. The second kappa shape index (κ2) is 10.9. The average molecular weight is 450 g/mol. The molecule has 0 aromatic heterocycles. The molecule has 1 aromatic rings. The van der Waals surface area contributed by atoms with Gasteiger partial charge in [0.25, 0.3) is 0 Å². The first-order chi connectivity index (χ1) is 14.9. The molecular weight excluding hydrogens is 418 g/mol. The monoisotopic (exact) mass is 449 g/mol. The number of carbonyl (C=O) groups is 2. The Morgan fingerprint density at radius 1 is 1.23 bits per heavy atom. The number of amides is 2. The summed E-state index contributed by atoms with van der Waals surface area (Å²) in [6, 6.07) is 3.73. The van der Waals surface area contributed by atoms with Crippen LogP contribution in [0.3, 0.4) is 0 Å². The number of likely N-dealkylation sites (tertiary alicyclic amines) is 2. The smallest absolute Gasteiger partial charge is 0.246 e. The molecule has 1 atom stereocenters. The maximum atomic E-state index is 12.7. The normalized spacial score (nSPS) is 20.4. The second-order valence-electron chi connectivity index (χ2n) is 8.07. The molecule has 0 saturated carbocycles. The first kappa shape index (κ1) is 23.4. The zero-order valence-electron chi connectivity index (χ0n) is 18.3. The summed E-state index contributed by atoms with van der Waals surface area (Å²) in [5.41, 5.74) is 6.32. The maximum Gasteiger partial charge on any atom is 0.246 e. The van der Waals surface area contributed by atoms with Crippen molar-refractivity contribution < 1.29 is 19.1 Å². The lowest BCUT2D eigenvalue weighted by Gasteiger charge is -2.38. The summed E-state index contributed by atoms with van der Waals surface area (Å²) in [5, 5.41) is 0.454. The Hall–Kier alpha value is -2.25. The summed E-state index contributed by atoms with van der Waals surface area (Å²) in [6.45, 7) is 4.82. The fourth-order valence-electron chi connectivity index (χ4n) is 4.40. The Kier molecular flexibility index (Phi) is 8.21. The van der Waals surface area contributed by atoms with Crippen LogP contribution in [-0.2, 0) is 9.59 Å². The minimum atomic E-state index is -0.237. The van der Waals surface area contributed by atoms with Crippen molar-refractivity contribution in [3.8, 4) is 11.5 Å². The Morgan fingerprint density at radius 2 is 1.97 bits per heavy atom. The van der Waals surface area contributed by atoms with Crippen molar-refractivity contribution in [2.45, 2.75) is 51.1 Å². The SMILES string of the molecule is CCCOc1c(Cl)cc(/C=C/C(=O)N2CCC(N3CCCC3C(N)=O)CC2)cc1OC. The van der Waals surface area contributed by atoms with Crippen LogP contribution in [0.2, 0.25) is 5.02 Å². The Morgan fingerprint density at radius 3 is 2.61 bits per heavy atom. The van der Waals surface area contributed by atoms with Crippen LogP contribution in [0.4, 0.5) is 0 Å². The van der Waals surface area contributed by atoms with E-state index in [4.69, 9.17) is 26.8 Å². The molecule has 1 aromatic carbocycles. The summed E-state index contributed by atoms with van der Waals surface area (Å²) in [5.74, 6) is 0.795. The molecule has 0 bridgehead atoms. The van der Waals surface area contributed by atoms with E-state index in [1.54, 1.807) is 25.3 Å². The van der Waals surface area contributed by atoms with Gasteiger partial charge in [-0.2, -0.15) is 0 Å². The number of rotatable bonds is 8. The van der Waals surface area contributed by atoms with E-state index in [1.165, 1.54) is 0 Å². The van der Waals surface area contributed by atoms with E-state index in [9.17, 15) is 9.59 Å². The van der Waals surface area contributed by atoms with Gasteiger partial charge in [0.15, 0.2) is 11.5 Å². The molecule has 170 valence electrons. The summed E-state index contributed by atoms with van der Waals surface area (Å²) < 4.78 is 11.1. The van der Waals surface area contributed by atoms with Gasteiger partial charge in [-0.05, 0) is 62.4 Å². The largest absolute Gasteiger partial charge is 0.493 e. The Bertz CT molecular complexity index is 821. The average Bonchev–Trinajstić information content (AvgIpc) is 3.27. The first-order valence-corrected chi connectivity index (χ1v) is 11.3. The molecule has 31 heavy (non-hydrogen) atoms. The van der Waals surface area contributed by atoms with E-state index in [1.807, 2.05) is 17.9 Å². The van der Waals surface area contributed by atoms with Gasteiger partial charge >= 0.3 is 0 Å². The quantitative estimate of drug-likeness (QED) is 0.616. The predicted octanol–water partition coefficient (Wildman–Crippen LogP) is 3.09. The van der Waals surface area contributed by atoms with Crippen molar-refractivity contribution in [3.05, 3.63) is 28.8 Å². The lowest BCUT2D eigenvalue weighted by Crippen LogP contribution is -2.51. The van der Waals surface area contributed by atoms with Gasteiger partial charge in [-0.25, -0.2) is 0 Å². The number of nitrogens with zero attached hydrogens (tertiary/aromatic N) is 2. The van der Waals surface area contributed by atoms with Crippen LogP contribution in [0.25, 0.3) is 6.08 Å². The molecule has 7 nitrogen and oxygen atoms in total. The molecule has 2 saturated heterocycles. The highest BCUT2D eigenvalue weighted by Gasteiger charge is 2.36. The van der Waals surface area contributed by atoms with Gasteiger partial charge < -0.3 is 20.1 Å². The number of methoxy groups -OCH3 is 1. The van der Waals surface area contributed by atoms with Gasteiger partial charge in [-0.1, -0.05) is 18.5 Å². The van der Waals surface area contributed by atoms with E-state index in [0.29, 0.717) is 42.3 Å².